The molecule has 21 heavy (non-hydrogen) atoms. The molecule has 0 aliphatic carbocycles. The lowest BCUT2D eigenvalue weighted by Crippen LogP contribution is -2.34. The third-order valence-electron chi connectivity index (χ3n) is 2.70. The molecule has 1 aliphatic rings. The molecular weight excluding hydrogens is 465 g/mol. The number of carbonyl (C=O) groups is 2. The fourth-order valence-electron chi connectivity index (χ4n) is 1.72. The van der Waals surface area contributed by atoms with E-state index in [9.17, 15) is 18.4 Å². The maximum Gasteiger partial charge on any atom is 0.277 e. The highest BCUT2D eigenvalue weighted by molar-refractivity contribution is 14.1. The van der Waals surface area contributed by atoms with Crippen molar-refractivity contribution in [3.8, 4) is 0 Å². The normalized spacial score (nSPS) is 14.7. The van der Waals surface area contributed by atoms with Crippen LogP contribution in [-0.2, 0) is 9.59 Å². The van der Waals surface area contributed by atoms with Crippen LogP contribution < -0.4 is 5.32 Å². The summed E-state index contributed by atoms with van der Waals surface area (Å²) in [5, 5.41) is 11.3. The molecule has 9 heteroatoms. The second kappa shape index (κ2) is 6.36. The summed E-state index contributed by atoms with van der Waals surface area (Å²) in [5.41, 5.74) is -0.0699. The van der Waals surface area contributed by atoms with Crippen LogP contribution in [0.5, 0.6) is 0 Å². The number of halogens is 4. The van der Waals surface area contributed by atoms with Crippen LogP contribution in [-0.4, -0.2) is 35.0 Å². The van der Waals surface area contributed by atoms with Crippen LogP contribution in [0.25, 0.3) is 0 Å². The highest BCUT2D eigenvalue weighted by atomic mass is 127. The van der Waals surface area contributed by atoms with Crippen molar-refractivity contribution >= 4 is 56.0 Å². The predicted octanol–water partition coefficient (Wildman–Crippen LogP) is 1.99. The number of hydrogen-bond acceptors (Lipinski definition) is 4. The van der Waals surface area contributed by atoms with Crippen LogP contribution in [0, 0.1) is 15.2 Å². The summed E-state index contributed by atoms with van der Waals surface area (Å²) in [6, 6.07) is 1.02. The van der Waals surface area contributed by atoms with Gasteiger partial charge < -0.3 is 10.4 Å². The molecule has 1 aliphatic heterocycles. The van der Waals surface area contributed by atoms with Gasteiger partial charge >= 0.3 is 0 Å². The van der Waals surface area contributed by atoms with E-state index in [1.165, 1.54) is 0 Å². The third-order valence-corrected chi connectivity index (χ3v) is 4.49. The molecule has 0 bridgehead atoms. The SMILES string of the molecule is O=C1C=C(Nc2cc(F)c(Br)c(F)c2I)C(=O)N1CCO. The van der Waals surface area contributed by atoms with E-state index < -0.39 is 23.4 Å². The van der Waals surface area contributed by atoms with Crippen molar-refractivity contribution in [2.24, 2.45) is 0 Å². The van der Waals surface area contributed by atoms with Gasteiger partial charge in [0.1, 0.15) is 11.5 Å². The number of benzene rings is 1. The average molecular weight is 473 g/mol. The number of imide groups is 1. The Hall–Kier alpha value is -1.07. The average Bonchev–Trinajstić information content (AvgIpc) is 2.70. The number of hydrogen-bond donors (Lipinski definition) is 2. The molecule has 0 aromatic heterocycles. The van der Waals surface area contributed by atoms with E-state index in [2.05, 4.69) is 21.2 Å². The van der Waals surface area contributed by atoms with E-state index in [0.717, 1.165) is 17.0 Å². The minimum atomic E-state index is -0.833. The Morgan fingerprint density at radius 1 is 1.38 bits per heavy atom. The molecule has 2 rings (SSSR count). The monoisotopic (exact) mass is 472 g/mol. The Bertz CT molecular complexity index is 666. The van der Waals surface area contributed by atoms with E-state index in [0.29, 0.717) is 0 Å². The second-order valence-corrected chi connectivity index (χ2v) is 5.92. The summed E-state index contributed by atoms with van der Waals surface area (Å²) >= 11 is 4.43. The van der Waals surface area contributed by atoms with Crippen LogP contribution >= 0.6 is 38.5 Å². The molecule has 0 saturated heterocycles. The van der Waals surface area contributed by atoms with Crippen molar-refractivity contribution in [3.63, 3.8) is 0 Å². The maximum absolute atomic E-state index is 13.7. The summed E-state index contributed by atoms with van der Waals surface area (Å²) in [6.07, 6.45) is 1.02. The summed E-state index contributed by atoms with van der Waals surface area (Å²) in [7, 11) is 0. The number of nitrogens with one attached hydrogen (secondary N) is 1. The van der Waals surface area contributed by atoms with Crippen LogP contribution in [0.15, 0.2) is 22.3 Å². The van der Waals surface area contributed by atoms with E-state index in [1.807, 2.05) is 0 Å². The molecular formula is C12H8BrF2IN2O3. The molecule has 1 aromatic carbocycles. The van der Waals surface area contributed by atoms with Gasteiger partial charge in [0, 0.05) is 6.08 Å². The van der Waals surface area contributed by atoms with E-state index in [4.69, 9.17) is 5.11 Å². The first-order valence-electron chi connectivity index (χ1n) is 5.65. The number of anilines is 1. The molecule has 0 radical (unpaired) electrons. The molecule has 0 fully saturated rings. The third kappa shape index (κ3) is 3.09. The summed E-state index contributed by atoms with van der Waals surface area (Å²) in [4.78, 5) is 24.3. The first-order valence-corrected chi connectivity index (χ1v) is 7.52. The fraction of sp³-hybridized carbons (Fsp3) is 0.167. The van der Waals surface area contributed by atoms with Gasteiger partial charge in [0.2, 0.25) is 0 Å². The minimum Gasteiger partial charge on any atom is -0.395 e. The first-order chi connectivity index (χ1) is 9.86. The van der Waals surface area contributed by atoms with Crippen molar-refractivity contribution < 1.29 is 23.5 Å². The molecule has 0 atom stereocenters. The Kier molecular flexibility index (Phi) is 4.94. The lowest BCUT2D eigenvalue weighted by atomic mass is 10.3. The summed E-state index contributed by atoms with van der Waals surface area (Å²) in [5.74, 6) is -2.89. The van der Waals surface area contributed by atoms with Gasteiger partial charge in [-0.2, -0.15) is 0 Å². The van der Waals surface area contributed by atoms with E-state index in [1.54, 1.807) is 22.6 Å². The van der Waals surface area contributed by atoms with Gasteiger partial charge in [-0.3, -0.25) is 14.5 Å². The molecule has 0 unspecified atom stereocenters. The van der Waals surface area contributed by atoms with Crippen molar-refractivity contribution in [3.05, 3.63) is 37.5 Å². The standard InChI is InChI=1S/C12H8BrF2IN2O3/c13-9-5(14)3-6(11(16)10(9)15)17-7-4-8(20)18(1-2-19)12(7)21/h3-4,17,19H,1-2H2. The molecule has 2 amide bonds. The summed E-state index contributed by atoms with van der Waals surface area (Å²) < 4.78 is 27.0. The smallest absolute Gasteiger partial charge is 0.277 e. The van der Waals surface area contributed by atoms with Gasteiger partial charge in [-0.25, -0.2) is 8.78 Å². The molecule has 112 valence electrons. The molecule has 5 nitrogen and oxygen atoms in total. The van der Waals surface area contributed by atoms with Gasteiger partial charge in [0.25, 0.3) is 11.8 Å². The fourth-order valence-corrected chi connectivity index (χ4v) is 2.96. The van der Waals surface area contributed by atoms with Gasteiger partial charge in [-0.1, -0.05) is 0 Å². The quantitative estimate of drug-likeness (QED) is 0.304. The molecule has 0 spiro atoms. The summed E-state index contributed by atoms with van der Waals surface area (Å²) in [6.45, 7) is -0.503. The Labute approximate surface area is 140 Å². The highest BCUT2D eigenvalue weighted by Crippen LogP contribution is 2.31. The Morgan fingerprint density at radius 2 is 2.05 bits per heavy atom. The second-order valence-electron chi connectivity index (χ2n) is 4.05. The lowest BCUT2D eigenvalue weighted by molar-refractivity contribution is -0.137. The first kappa shape index (κ1) is 16.3. The number of nitrogens with zero attached hydrogens (tertiary/aromatic N) is 1. The Balaban J connectivity index is 2.30. The number of rotatable bonds is 4. The lowest BCUT2D eigenvalue weighted by Gasteiger charge is -2.14. The zero-order valence-electron chi connectivity index (χ0n) is 10.3. The Morgan fingerprint density at radius 3 is 2.67 bits per heavy atom. The zero-order valence-corrected chi connectivity index (χ0v) is 14.0. The number of carbonyl (C=O) groups excluding carboxylic acids is 2. The van der Waals surface area contributed by atoms with Crippen LogP contribution in [0.2, 0.25) is 0 Å². The van der Waals surface area contributed by atoms with Crippen LogP contribution in [0.3, 0.4) is 0 Å². The molecule has 0 saturated carbocycles. The minimum absolute atomic E-state index is 0.0343. The molecule has 1 aromatic rings. The van der Waals surface area contributed by atoms with Crippen molar-refractivity contribution in [1.82, 2.24) is 4.90 Å². The van der Waals surface area contributed by atoms with Gasteiger partial charge in [-0.15, -0.1) is 0 Å². The number of amides is 2. The molecule has 2 N–H and O–H groups in total. The van der Waals surface area contributed by atoms with Gasteiger partial charge in [0.15, 0.2) is 5.82 Å². The zero-order chi connectivity index (χ0) is 15.7. The van der Waals surface area contributed by atoms with E-state index >= 15 is 0 Å². The number of aliphatic hydroxyl groups is 1. The predicted molar refractivity (Wildman–Crippen MR) is 82.3 cm³/mol. The van der Waals surface area contributed by atoms with Crippen molar-refractivity contribution in [1.29, 1.82) is 0 Å². The topological polar surface area (TPSA) is 69.6 Å². The maximum atomic E-state index is 13.7. The highest BCUT2D eigenvalue weighted by Gasteiger charge is 2.31. The molecule has 1 heterocycles. The van der Waals surface area contributed by atoms with Crippen LogP contribution in [0.1, 0.15) is 0 Å². The van der Waals surface area contributed by atoms with Gasteiger partial charge in [-0.05, 0) is 44.6 Å². The largest absolute Gasteiger partial charge is 0.395 e. The number of β-amino-alcohol motifs (C(OH)–C–C–N with tert-alkyl or cyclic N) is 1. The van der Waals surface area contributed by atoms with Crippen molar-refractivity contribution in [2.75, 3.05) is 18.5 Å². The van der Waals surface area contributed by atoms with Gasteiger partial charge in [0.05, 0.1) is 26.9 Å². The van der Waals surface area contributed by atoms with Crippen LogP contribution in [0.4, 0.5) is 14.5 Å². The number of aliphatic hydroxyl groups excluding tert-OH is 1. The van der Waals surface area contributed by atoms with Crippen molar-refractivity contribution in [2.45, 2.75) is 0 Å². The van der Waals surface area contributed by atoms with E-state index in [-0.39, 0.29) is 32.6 Å².